The third kappa shape index (κ3) is 4.59. The molecule has 32 heavy (non-hydrogen) atoms. The van der Waals surface area contributed by atoms with E-state index in [1.807, 2.05) is 79.7 Å². The lowest BCUT2D eigenvalue weighted by molar-refractivity contribution is -0.119. The van der Waals surface area contributed by atoms with Crippen molar-refractivity contribution >= 4 is 32.6 Å². The van der Waals surface area contributed by atoms with Gasteiger partial charge in [0.1, 0.15) is 0 Å². The molecule has 0 atom stereocenters. The molecule has 0 spiro atoms. The minimum absolute atomic E-state index is 0.0534. The molecule has 0 aliphatic heterocycles. The Kier molecular flexibility index (Phi) is 6.68. The lowest BCUT2D eigenvalue weighted by atomic mass is 9.90. The van der Waals surface area contributed by atoms with Gasteiger partial charge in [-0.15, -0.1) is 0 Å². The van der Waals surface area contributed by atoms with Gasteiger partial charge in [-0.05, 0) is 56.3 Å². The lowest BCUT2D eigenvalue weighted by Gasteiger charge is -2.27. The molecule has 0 saturated heterocycles. The number of amides is 1. The number of fused-ring (bicyclic) bond motifs is 1. The molecule has 164 valence electrons. The highest BCUT2D eigenvalue weighted by atomic mass is 32.1. The fourth-order valence-corrected chi connectivity index (χ4v) is 4.91. The number of carbonyl (C=O) groups excluding carboxylic acids is 1. The number of aromatic nitrogens is 1. The van der Waals surface area contributed by atoms with Crippen LogP contribution in [0.5, 0.6) is 0 Å². The Morgan fingerprint density at radius 3 is 2.03 bits per heavy atom. The van der Waals surface area contributed by atoms with Crippen LogP contribution in [0.4, 0.5) is 5.13 Å². The van der Waals surface area contributed by atoms with E-state index >= 15 is 0 Å². The van der Waals surface area contributed by atoms with Crippen LogP contribution in [-0.4, -0.2) is 43.0 Å². The number of anilines is 1. The van der Waals surface area contributed by atoms with Crippen LogP contribution in [-0.2, 0) is 4.79 Å². The molecule has 0 aliphatic carbocycles. The van der Waals surface area contributed by atoms with Crippen LogP contribution in [0.2, 0.25) is 0 Å². The van der Waals surface area contributed by atoms with Crippen molar-refractivity contribution in [2.24, 2.45) is 0 Å². The first-order valence-electron chi connectivity index (χ1n) is 10.9. The highest BCUT2D eigenvalue weighted by Gasteiger charge is 2.30. The summed E-state index contributed by atoms with van der Waals surface area (Å²) < 4.78 is 1.11. The fourth-order valence-electron chi connectivity index (χ4n) is 3.85. The average Bonchev–Trinajstić information content (AvgIpc) is 3.23. The SMILES string of the molecule is Cc1ccc2sc(N(CCN(C)C)C(=O)C(c3ccccc3)c3ccccc3)nc2c1C. The number of thiazole rings is 1. The molecule has 4 nitrogen and oxygen atoms in total. The summed E-state index contributed by atoms with van der Waals surface area (Å²) in [5, 5.41) is 0.761. The number of carbonyl (C=O) groups is 1. The molecule has 4 rings (SSSR count). The summed E-state index contributed by atoms with van der Waals surface area (Å²) in [6.45, 7) is 5.54. The van der Waals surface area contributed by atoms with E-state index in [4.69, 9.17) is 4.98 Å². The van der Waals surface area contributed by atoms with Crippen LogP contribution in [0, 0.1) is 13.8 Å². The summed E-state index contributed by atoms with van der Waals surface area (Å²) in [6.07, 6.45) is 0. The van der Waals surface area contributed by atoms with Gasteiger partial charge in [-0.2, -0.15) is 0 Å². The van der Waals surface area contributed by atoms with Gasteiger partial charge in [-0.1, -0.05) is 78.1 Å². The Morgan fingerprint density at radius 1 is 0.875 bits per heavy atom. The van der Waals surface area contributed by atoms with E-state index in [1.54, 1.807) is 11.3 Å². The molecule has 0 saturated carbocycles. The number of likely N-dealkylation sites (N-methyl/N-ethyl adjacent to an activating group) is 1. The van der Waals surface area contributed by atoms with Gasteiger partial charge in [0.2, 0.25) is 5.91 Å². The first kappa shape index (κ1) is 22.2. The molecule has 4 aromatic rings. The Bertz CT molecular complexity index is 1160. The van der Waals surface area contributed by atoms with E-state index in [0.717, 1.165) is 33.0 Å². The van der Waals surface area contributed by atoms with E-state index in [2.05, 4.69) is 30.9 Å². The van der Waals surface area contributed by atoms with Crippen LogP contribution in [0.15, 0.2) is 72.8 Å². The van der Waals surface area contributed by atoms with Gasteiger partial charge in [-0.25, -0.2) is 4.98 Å². The molecule has 0 radical (unpaired) electrons. The number of hydrogen-bond acceptors (Lipinski definition) is 4. The number of nitrogens with zero attached hydrogens (tertiary/aromatic N) is 3. The minimum Gasteiger partial charge on any atom is -0.308 e. The van der Waals surface area contributed by atoms with Gasteiger partial charge in [-0.3, -0.25) is 9.69 Å². The number of hydrogen-bond donors (Lipinski definition) is 0. The predicted molar refractivity (Wildman–Crippen MR) is 135 cm³/mol. The highest BCUT2D eigenvalue weighted by molar-refractivity contribution is 7.22. The van der Waals surface area contributed by atoms with Gasteiger partial charge in [0.05, 0.1) is 16.1 Å². The van der Waals surface area contributed by atoms with Crippen LogP contribution >= 0.6 is 11.3 Å². The van der Waals surface area contributed by atoms with Gasteiger partial charge in [0.15, 0.2) is 5.13 Å². The molecule has 0 bridgehead atoms. The first-order chi connectivity index (χ1) is 15.5. The molecule has 3 aromatic carbocycles. The van der Waals surface area contributed by atoms with E-state index in [1.165, 1.54) is 11.1 Å². The summed E-state index contributed by atoms with van der Waals surface area (Å²) in [7, 11) is 4.06. The summed E-state index contributed by atoms with van der Waals surface area (Å²) in [5.41, 5.74) is 5.36. The van der Waals surface area contributed by atoms with Crippen molar-refractivity contribution in [3.05, 3.63) is 95.1 Å². The number of benzene rings is 3. The van der Waals surface area contributed by atoms with E-state index in [9.17, 15) is 4.79 Å². The van der Waals surface area contributed by atoms with Crippen LogP contribution in [0.3, 0.4) is 0 Å². The molecule has 0 aliphatic rings. The van der Waals surface area contributed by atoms with E-state index in [0.29, 0.717) is 6.54 Å². The quantitative estimate of drug-likeness (QED) is 0.371. The largest absolute Gasteiger partial charge is 0.308 e. The molecule has 1 amide bonds. The first-order valence-corrected chi connectivity index (χ1v) is 11.7. The van der Waals surface area contributed by atoms with Gasteiger partial charge < -0.3 is 4.90 Å². The van der Waals surface area contributed by atoms with E-state index in [-0.39, 0.29) is 11.8 Å². The molecule has 0 fully saturated rings. The number of rotatable bonds is 7. The maximum absolute atomic E-state index is 14.2. The van der Waals surface area contributed by atoms with E-state index < -0.39 is 0 Å². The Morgan fingerprint density at radius 2 is 1.47 bits per heavy atom. The summed E-state index contributed by atoms with van der Waals surface area (Å²) in [4.78, 5) is 23.1. The monoisotopic (exact) mass is 443 g/mol. The molecule has 1 aromatic heterocycles. The Balaban J connectivity index is 1.81. The second-order valence-corrected chi connectivity index (χ2v) is 9.41. The maximum atomic E-state index is 14.2. The minimum atomic E-state index is -0.380. The van der Waals surface area contributed by atoms with Crippen LogP contribution in [0.25, 0.3) is 10.2 Å². The standard InChI is InChI=1S/C27H29N3OS/c1-19-15-16-23-25(20(19)2)28-27(32-23)30(18-17-29(3)4)26(31)24(21-11-7-5-8-12-21)22-13-9-6-10-14-22/h5-16,24H,17-18H2,1-4H3. The normalized spacial score (nSPS) is 11.4. The summed E-state index contributed by atoms with van der Waals surface area (Å²) >= 11 is 1.59. The van der Waals surface area contributed by atoms with Crippen molar-refractivity contribution in [3.8, 4) is 0 Å². The average molecular weight is 444 g/mol. The van der Waals surface area contributed by atoms with Crippen molar-refractivity contribution in [3.63, 3.8) is 0 Å². The summed E-state index contributed by atoms with van der Waals surface area (Å²) in [5.74, 6) is -0.327. The van der Waals surface area contributed by atoms with Crippen molar-refractivity contribution in [2.75, 3.05) is 32.1 Å². The van der Waals surface area contributed by atoms with Crippen molar-refractivity contribution in [2.45, 2.75) is 19.8 Å². The number of aryl methyl sites for hydroxylation is 2. The Hall–Kier alpha value is -3.02. The zero-order valence-electron chi connectivity index (χ0n) is 19.1. The van der Waals surface area contributed by atoms with Gasteiger partial charge in [0.25, 0.3) is 0 Å². The smallest absolute Gasteiger partial charge is 0.240 e. The predicted octanol–water partition coefficient (Wildman–Crippen LogP) is 5.64. The molecular weight excluding hydrogens is 414 g/mol. The van der Waals surface area contributed by atoms with Crippen LogP contribution in [0.1, 0.15) is 28.2 Å². The third-order valence-electron chi connectivity index (χ3n) is 5.85. The molecular formula is C27H29N3OS. The lowest BCUT2D eigenvalue weighted by Crippen LogP contribution is -2.40. The molecule has 5 heteroatoms. The molecule has 0 N–H and O–H groups in total. The van der Waals surface area contributed by atoms with Crippen molar-refractivity contribution < 1.29 is 4.79 Å². The molecule has 0 unspecified atom stereocenters. The highest BCUT2D eigenvalue weighted by Crippen LogP contribution is 2.35. The maximum Gasteiger partial charge on any atom is 0.240 e. The van der Waals surface area contributed by atoms with Crippen molar-refractivity contribution in [1.29, 1.82) is 0 Å². The zero-order chi connectivity index (χ0) is 22.7. The Labute approximate surface area is 194 Å². The molecule has 1 heterocycles. The zero-order valence-corrected chi connectivity index (χ0v) is 19.9. The summed E-state index contributed by atoms with van der Waals surface area (Å²) in [6, 6.07) is 24.3. The fraction of sp³-hybridized carbons (Fsp3) is 0.259. The second-order valence-electron chi connectivity index (χ2n) is 8.40. The van der Waals surface area contributed by atoms with Crippen LogP contribution < -0.4 is 4.90 Å². The second kappa shape index (κ2) is 9.63. The van der Waals surface area contributed by atoms with Gasteiger partial charge in [0, 0.05) is 13.1 Å². The third-order valence-corrected chi connectivity index (χ3v) is 6.90. The topological polar surface area (TPSA) is 36.4 Å². The van der Waals surface area contributed by atoms with Crippen molar-refractivity contribution in [1.82, 2.24) is 9.88 Å². The van der Waals surface area contributed by atoms with Gasteiger partial charge >= 0.3 is 0 Å².